The van der Waals surface area contributed by atoms with Gasteiger partial charge in [0, 0.05) is 31.4 Å². The van der Waals surface area contributed by atoms with Gasteiger partial charge in [0.2, 0.25) is 0 Å². The summed E-state index contributed by atoms with van der Waals surface area (Å²) in [6.45, 7) is 1.81. The minimum atomic E-state index is -4.58. The summed E-state index contributed by atoms with van der Waals surface area (Å²) in [5.41, 5.74) is -0.174. The molecule has 0 saturated carbocycles. The number of aromatic nitrogens is 2. The van der Waals surface area contributed by atoms with Gasteiger partial charge in [-0.05, 0) is 12.5 Å². The summed E-state index contributed by atoms with van der Waals surface area (Å²) in [5, 5.41) is 0. The zero-order chi connectivity index (χ0) is 18.6. The van der Waals surface area contributed by atoms with Gasteiger partial charge in [-0.25, -0.2) is 14.8 Å². The Morgan fingerprint density at radius 1 is 1.24 bits per heavy atom. The number of carbonyl (C=O) groups is 1. The largest absolute Gasteiger partial charge is 0.436 e. The van der Waals surface area contributed by atoms with E-state index in [9.17, 15) is 18.0 Å². The highest BCUT2D eigenvalue weighted by atomic mass is 19.4. The summed E-state index contributed by atoms with van der Waals surface area (Å²) in [6, 6.07) is 5.01. The van der Waals surface area contributed by atoms with Crippen molar-refractivity contribution in [1.82, 2.24) is 14.9 Å². The average Bonchev–Trinajstić information content (AvgIpc) is 2.58. The van der Waals surface area contributed by atoms with E-state index < -0.39 is 23.9 Å². The molecule has 134 valence electrons. The number of rotatable bonds is 4. The number of halogens is 3. The molecule has 1 aromatic heterocycles. The van der Waals surface area contributed by atoms with Crippen LogP contribution in [-0.2, 0) is 17.3 Å². The molecule has 8 heteroatoms. The van der Waals surface area contributed by atoms with E-state index in [2.05, 4.69) is 9.97 Å². The number of alkyl halides is 3. The van der Waals surface area contributed by atoms with Gasteiger partial charge in [0.15, 0.2) is 6.10 Å². The number of carbonyl (C=O) groups excluding carboxylic acids is 1. The summed E-state index contributed by atoms with van der Waals surface area (Å²) in [4.78, 5) is 21.2. The molecule has 5 nitrogen and oxygen atoms in total. The minimum absolute atomic E-state index is 0.158. The van der Waals surface area contributed by atoms with Crippen LogP contribution >= 0.6 is 0 Å². The number of hydrogen-bond acceptors (Lipinski definition) is 4. The summed E-state index contributed by atoms with van der Waals surface area (Å²) in [5.74, 6) is 0. The third kappa shape index (κ3) is 4.26. The Kier molecular flexibility index (Phi) is 5.61. The fraction of sp³-hybridized carbons (Fsp3) is 0.353. The quantitative estimate of drug-likeness (QED) is 0.838. The first-order valence-corrected chi connectivity index (χ1v) is 7.58. The summed E-state index contributed by atoms with van der Waals surface area (Å²) in [6.07, 6.45) is -3.45. The molecule has 1 aromatic carbocycles. The van der Waals surface area contributed by atoms with Crippen molar-refractivity contribution in [3.05, 3.63) is 59.2 Å². The average molecular weight is 353 g/mol. The highest BCUT2D eigenvalue weighted by Crippen LogP contribution is 2.38. The Hall–Kier alpha value is -2.64. The van der Waals surface area contributed by atoms with E-state index in [4.69, 9.17) is 4.74 Å². The van der Waals surface area contributed by atoms with E-state index in [0.29, 0.717) is 17.7 Å². The molecule has 1 heterocycles. The molecule has 0 fully saturated rings. The van der Waals surface area contributed by atoms with Crippen molar-refractivity contribution >= 4 is 6.09 Å². The molecule has 2 rings (SSSR count). The Labute approximate surface area is 143 Å². The van der Waals surface area contributed by atoms with Crippen molar-refractivity contribution in [3.8, 4) is 0 Å². The number of amides is 1. The molecule has 0 spiro atoms. The molecule has 0 saturated heterocycles. The third-order valence-corrected chi connectivity index (χ3v) is 3.58. The van der Waals surface area contributed by atoms with Crippen molar-refractivity contribution in [2.24, 2.45) is 0 Å². The van der Waals surface area contributed by atoms with E-state index in [1.165, 1.54) is 44.8 Å². The molecule has 1 unspecified atom stereocenters. The lowest BCUT2D eigenvalue weighted by Gasteiger charge is -2.24. The van der Waals surface area contributed by atoms with Gasteiger partial charge >= 0.3 is 12.3 Å². The lowest BCUT2D eigenvalue weighted by molar-refractivity contribution is -0.139. The number of hydrogen-bond donors (Lipinski definition) is 0. The SMILES string of the molecule is CCc1ncncc1C(OC(=O)N(C)C)c1ccccc1C(F)(F)F. The summed E-state index contributed by atoms with van der Waals surface area (Å²) >= 11 is 0. The molecule has 0 N–H and O–H groups in total. The summed E-state index contributed by atoms with van der Waals surface area (Å²) in [7, 11) is 2.91. The summed E-state index contributed by atoms with van der Waals surface area (Å²) < 4.78 is 45.6. The second kappa shape index (κ2) is 7.50. The topological polar surface area (TPSA) is 55.3 Å². The molecule has 0 radical (unpaired) electrons. The van der Waals surface area contributed by atoms with Crippen molar-refractivity contribution < 1.29 is 22.7 Å². The first-order chi connectivity index (χ1) is 11.8. The number of nitrogens with zero attached hydrogens (tertiary/aromatic N) is 3. The maximum Gasteiger partial charge on any atom is 0.416 e. The molecule has 0 aliphatic carbocycles. The van der Waals surface area contributed by atoms with Crippen molar-refractivity contribution in [3.63, 3.8) is 0 Å². The lowest BCUT2D eigenvalue weighted by atomic mass is 9.95. The Balaban J connectivity index is 2.63. The van der Waals surface area contributed by atoms with Crippen LogP contribution < -0.4 is 0 Å². The van der Waals surface area contributed by atoms with Crippen LogP contribution in [0.1, 0.15) is 35.4 Å². The van der Waals surface area contributed by atoms with Gasteiger partial charge in [-0.3, -0.25) is 0 Å². The molecule has 25 heavy (non-hydrogen) atoms. The first-order valence-electron chi connectivity index (χ1n) is 7.58. The molecule has 0 bridgehead atoms. The van der Waals surface area contributed by atoms with Gasteiger partial charge in [0.1, 0.15) is 6.33 Å². The van der Waals surface area contributed by atoms with Crippen LogP contribution in [0, 0.1) is 0 Å². The highest BCUT2D eigenvalue weighted by Gasteiger charge is 2.37. The van der Waals surface area contributed by atoms with E-state index in [1.54, 1.807) is 0 Å². The van der Waals surface area contributed by atoms with E-state index >= 15 is 0 Å². The maximum absolute atomic E-state index is 13.4. The zero-order valence-electron chi connectivity index (χ0n) is 14.0. The van der Waals surface area contributed by atoms with Gasteiger partial charge in [0.25, 0.3) is 0 Å². The smallest absolute Gasteiger partial charge is 0.416 e. The number of aryl methyl sites for hydroxylation is 1. The fourth-order valence-electron chi connectivity index (χ4n) is 2.36. The van der Waals surface area contributed by atoms with Crippen LogP contribution in [-0.4, -0.2) is 35.1 Å². The Bertz CT molecular complexity index is 748. The number of benzene rings is 1. The molecular formula is C17H18F3N3O2. The standard InChI is InChI=1S/C17H18F3N3O2/c1-4-14-12(9-21-10-22-14)15(25-16(24)23(2)3)11-7-5-6-8-13(11)17(18,19)20/h5-10,15H,4H2,1-3H3. The van der Waals surface area contributed by atoms with Gasteiger partial charge in [0.05, 0.1) is 11.3 Å². The van der Waals surface area contributed by atoms with Gasteiger partial charge < -0.3 is 9.64 Å². The fourth-order valence-corrected chi connectivity index (χ4v) is 2.36. The molecule has 2 aromatic rings. The van der Waals surface area contributed by atoms with Gasteiger partial charge in [-0.15, -0.1) is 0 Å². The third-order valence-electron chi connectivity index (χ3n) is 3.58. The van der Waals surface area contributed by atoms with Gasteiger partial charge in [-0.1, -0.05) is 25.1 Å². The minimum Gasteiger partial charge on any atom is -0.436 e. The number of ether oxygens (including phenoxy) is 1. The van der Waals surface area contributed by atoms with Crippen LogP contribution in [0.15, 0.2) is 36.8 Å². The zero-order valence-corrected chi connectivity index (χ0v) is 14.0. The van der Waals surface area contributed by atoms with Gasteiger partial charge in [-0.2, -0.15) is 13.2 Å². The molecule has 1 atom stereocenters. The molecule has 0 aliphatic rings. The van der Waals surface area contributed by atoms with E-state index in [0.717, 1.165) is 11.0 Å². The second-order valence-corrected chi connectivity index (χ2v) is 5.52. The Morgan fingerprint density at radius 3 is 2.52 bits per heavy atom. The van der Waals surface area contributed by atoms with Crippen LogP contribution in [0.2, 0.25) is 0 Å². The molecule has 0 aliphatic heterocycles. The maximum atomic E-state index is 13.4. The van der Waals surface area contributed by atoms with Crippen LogP contribution in [0.5, 0.6) is 0 Å². The highest BCUT2D eigenvalue weighted by molar-refractivity contribution is 5.67. The molecular weight excluding hydrogens is 335 g/mol. The lowest BCUT2D eigenvalue weighted by Crippen LogP contribution is -2.27. The van der Waals surface area contributed by atoms with Crippen LogP contribution in [0.3, 0.4) is 0 Å². The van der Waals surface area contributed by atoms with Crippen LogP contribution in [0.4, 0.5) is 18.0 Å². The van der Waals surface area contributed by atoms with Crippen molar-refractivity contribution in [2.75, 3.05) is 14.1 Å². The Morgan fingerprint density at radius 2 is 1.92 bits per heavy atom. The monoisotopic (exact) mass is 353 g/mol. The second-order valence-electron chi connectivity index (χ2n) is 5.52. The molecule has 1 amide bonds. The first kappa shape index (κ1) is 18.7. The normalized spacial score (nSPS) is 12.6. The van der Waals surface area contributed by atoms with E-state index in [1.807, 2.05) is 6.92 Å². The predicted molar refractivity (Wildman–Crippen MR) is 84.9 cm³/mol. The van der Waals surface area contributed by atoms with Crippen molar-refractivity contribution in [2.45, 2.75) is 25.6 Å². The van der Waals surface area contributed by atoms with E-state index in [-0.39, 0.29) is 5.56 Å². The van der Waals surface area contributed by atoms with Crippen LogP contribution in [0.25, 0.3) is 0 Å². The van der Waals surface area contributed by atoms with Crippen molar-refractivity contribution in [1.29, 1.82) is 0 Å². The predicted octanol–water partition coefficient (Wildman–Crippen LogP) is 3.85.